The lowest BCUT2D eigenvalue weighted by Crippen LogP contribution is -2.53. The summed E-state index contributed by atoms with van der Waals surface area (Å²) in [6.45, 7) is 4.07. The molecule has 2 rings (SSSR count). The quantitative estimate of drug-likeness (QED) is 0.798. The molecule has 1 aromatic heterocycles. The monoisotopic (exact) mass is 390 g/mol. The Morgan fingerprint density at radius 2 is 1.96 bits per heavy atom. The molecule has 8 nitrogen and oxygen atoms in total. The zero-order valence-corrected chi connectivity index (χ0v) is 14.9. The Kier molecular flexibility index (Phi) is 6.45. The van der Waals surface area contributed by atoms with E-state index in [-0.39, 0.29) is 17.8 Å². The predicted octanol–water partition coefficient (Wildman–Crippen LogP) is 2.16. The third kappa shape index (κ3) is 5.69. The maximum Gasteiger partial charge on any atom is 0.433 e. The lowest BCUT2D eigenvalue weighted by atomic mass is 10.0. The van der Waals surface area contributed by atoms with E-state index in [2.05, 4.69) is 15.3 Å². The number of piperidine rings is 1. The Morgan fingerprint density at radius 1 is 1.33 bits per heavy atom. The number of likely N-dealkylation sites (tertiary alicyclic amines) is 1. The number of halogens is 3. The van der Waals surface area contributed by atoms with Gasteiger partial charge in [0.1, 0.15) is 12.1 Å². The standard InChI is InChI=1S/C16H21F3N4O4/c1-9(2)12(22-15(25)26)13(24)23-7-4-10(5-8-23)27-14-20-6-3-11(21-14)16(17,18)19/h3,6,9-10,12,22H,4-5,7-8H2,1-2H3,(H,25,26)/t12-/m0/s1. The van der Waals surface area contributed by atoms with Crippen LogP contribution >= 0.6 is 0 Å². The first-order valence-electron chi connectivity index (χ1n) is 8.43. The van der Waals surface area contributed by atoms with Crippen molar-refractivity contribution in [3.05, 3.63) is 18.0 Å². The summed E-state index contributed by atoms with van der Waals surface area (Å²) in [5.41, 5.74) is -1.08. The number of amides is 2. The van der Waals surface area contributed by atoms with Crippen LogP contribution in [0, 0.1) is 5.92 Å². The van der Waals surface area contributed by atoms with Gasteiger partial charge in [-0.1, -0.05) is 13.8 Å². The molecule has 2 amide bonds. The summed E-state index contributed by atoms with van der Waals surface area (Å²) in [5, 5.41) is 11.1. The second kappa shape index (κ2) is 8.40. The molecule has 0 radical (unpaired) electrons. The SMILES string of the molecule is CC(C)[C@H](NC(=O)O)C(=O)N1CCC(Oc2nccc(C(F)(F)F)n2)CC1. The molecule has 150 valence electrons. The smallest absolute Gasteiger partial charge is 0.433 e. The summed E-state index contributed by atoms with van der Waals surface area (Å²) in [7, 11) is 0. The van der Waals surface area contributed by atoms with Crippen LogP contribution in [-0.4, -0.2) is 57.2 Å². The van der Waals surface area contributed by atoms with Crippen molar-refractivity contribution in [3.8, 4) is 6.01 Å². The highest BCUT2D eigenvalue weighted by molar-refractivity contribution is 5.85. The summed E-state index contributed by atoms with van der Waals surface area (Å²) in [6.07, 6.45) is -4.55. The van der Waals surface area contributed by atoms with Gasteiger partial charge in [0.15, 0.2) is 5.69 Å². The van der Waals surface area contributed by atoms with Gasteiger partial charge in [0.2, 0.25) is 5.91 Å². The highest BCUT2D eigenvalue weighted by atomic mass is 19.4. The van der Waals surface area contributed by atoms with Crippen molar-refractivity contribution >= 4 is 12.0 Å². The van der Waals surface area contributed by atoms with E-state index in [1.807, 2.05) is 0 Å². The van der Waals surface area contributed by atoms with Gasteiger partial charge in [-0.2, -0.15) is 18.2 Å². The molecule has 0 aliphatic carbocycles. The minimum Gasteiger partial charge on any atom is -0.465 e. The van der Waals surface area contributed by atoms with Crippen molar-refractivity contribution < 1.29 is 32.6 Å². The Labute approximate surface area is 153 Å². The molecule has 1 saturated heterocycles. The lowest BCUT2D eigenvalue weighted by Gasteiger charge is -2.34. The predicted molar refractivity (Wildman–Crippen MR) is 87.1 cm³/mol. The molecule has 0 spiro atoms. The molecule has 0 unspecified atom stereocenters. The van der Waals surface area contributed by atoms with E-state index in [0.29, 0.717) is 25.9 Å². The molecular weight excluding hydrogens is 369 g/mol. The molecule has 2 N–H and O–H groups in total. The van der Waals surface area contributed by atoms with Gasteiger partial charge >= 0.3 is 18.3 Å². The molecule has 1 aliphatic heterocycles. The summed E-state index contributed by atoms with van der Waals surface area (Å²) in [6, 6.07) is -0.454. The molecule has 1 aliphatic rings. The van der Waals surface area contributed by atoms with Crippen LogP contribution in [0.4, 0.5) is 18.0 Å². The third-order valence-electron chi connectivity index (χ3n) is 4.16. The molecule has 0 aromatic carbocycles. The maximum absolute atomic E-state index is 12.7. The number of rotatable bonds is 5. The number of nitrogens with zero attached hydrogens (tertiary/aromatic N) is 3. The molecule has 1 atom stereocenters. The van der Waals surface area contributed by atoms with E-state index in [1.54, 1.807) is 13.8 Å². The van der Waals surface area contributed by atoms with Crippen LogP contribution in [-0.2, 0) is 11.0 Å². The topological polar surface area (TPSA) is 105 Å². The highest BCUT2D eigenvalue weighted by Gasteiger charge is 2.34. The number of alkyl halides is 3. The number of hydrogen-bond donors (Lipinski definition) is 2. The molecule has 11 heteroatoms. The van der Waals surface area contributed by atoms with Gasteiger partial charge in [0, 0.05) is 32.1 Å². The minimum atomic E-state index is -4.58. The van der Waals surface area contributed by atoms with Gasteiger partial charge in [-0.05, 0) is 12.0 Å². The second-order valence-electron chi connectivity index (χ2n) is 6.54. The van der Waals surface area contributed by atoms with E-state index < -0.39 is 30.1 Å². The Morgan fingerprint density at radius 3 is 2.48 bits per heavy atom. The Hall–Kier alpha value is -2.59. The first kappa shape index (κ1) is 20.7. The van der Waals surface area contributed by atoms with Crippen LogP contribution < -0.4 is 10.1 Å². The first-order chi connectivity index (χ1) is 12.6. The van der Waals surface area contributed by atoms with E-state index in [1.165, 1.54) is 4.90 Å². The largest absolute Gasteiger partial charge is 0.465 e. The average Bonchev–Trinajstić information content (AvgIpc) is 2.59. The highest BCUT2D eigenvalue weighted by Crippen LogP contribution is 2.28. The van der Waals surface area contributed by atoms with Crippen LogP contribution in [0.5, 0.6) is 6.01 Å². The molecule has 0 bridgehead atoms. The van der Waals surface area contributed by atoms with Crippen molar-refractivity contribution in [1.29, 1.82) is 0 Å². The van der Waals surface area contributed by atoms with E-state index in [4.69, 9.17) is 9.84 Å². The van der Waals surface area contributed by atoms with Crippen molar-refractivity contribution in [2.45, 2.75) is 45.0 Å². The fourth-order valence-corrected chi connectivity index (χ4v) is 2.74. The number of carbonyl (C=O) groups is 2. The number of carbonyl (C=O) groups excluding carboxylic acids is 1. The zero-order valence-electron chi connectivity index (χ0n) is 14.9. The minimum absolute atomic E-state index is 0.221. The van der Waals surface area contributed by atoms with E-state index in [0.717, 1.165) is 12.3 Å². The van der Waals surface area contributed by atoms with Crippen LogP contribution in [0.25, 0.3) is 0 Å². The fraction of sp³-hybridized carbons (Fsp3) is 0.625. The summed E-state index contributed by atoms with van der Waals surface area (Å²) < 4.78 is 43.5. The number of nitrogens with one attached hydrogen (secondary N) is 1. The Bertz CT molecular complexity index is 676. The molecule has 1 fully saturated rings. The lowest BCUT2D eigenvalue weighted by molar-refractivity contribution is -0.142. The van der Waals surface area contributed by atoms with Crippen LogP contribution in [0.1, 0.15) is 32.4 Å². The summed E-state index contributed by atoms with van der Waals surface area (Å²) in [5.74, 6) is -0.553. The van der Waals surface area contributed by atoms with Crippen LogP contribution in [0.2, 0.25) is 0 Å². The zero-order chi connectivity index (χ0) is 20.2. The van der Waals surface area contributed by atoms with Crippen LogP contribution in [0.3, 0.4) is 0 Å². The molecule has 2 heterocycles. The van der Waals surface area contributed by atoms with Gasteiger partial charge < -0.3 is 20.1 Å². The molecule has 27 heavy (non-hydrogen) atoms. The van der Waals surface area contributed by atoms with E-state index in [9.17, 15) is 22.8 Å². The molecule has 1 aromatic rings. The van der Waals surface area contributed by atoms with Crippen LogP contribution in [0.15, 0.2) is 12.3 Å². The normalized spacial score (nSPS) is 16.9. The van der Waals surface area contributed by atoms with Gasteiger partial charge in [-0.25, -0.2) is 9.78 Å². The number of carboxylic acid groups (broad SMARTS) is 1. The van der Waals surface area contributed by atoms with Gasteiger partial charge in [0.25, 0.3) is 0 Å². The number of ether oxygens (including phenoxy) is 1. The third-order valence-corrected chi connectivity index (χ3v) is 4.16. The maximum atomic E-state index is 12.7. The van der Waals surface area contributed by atoms with Crippen molar-refractivity contribution in [3.63, 3.8) is 0 Å². The number of hydrogen-bond acceptors (Lipinski definition) is 5. The van der Waals surface area contributed by atoms with Gasteiger partial charge in [0.05, 0.1) is 0 Å². The van der Waals surface area contributed by atoms with Gasteiger partial charge in [-0.15, -0.1) is 0 Å². The Balaban J connectivity index is 1.93. The molecular formula is C16H21F3N4O4. The van der Waals surface area contributed by atoms with E-state index >= 15 is 0 Å². The van der Waals surface area contributed by atoms with Crippen molar-refractivity contribution in [2.75, 3.05) is 13.1 Å². The number of aromatic nitrogens is 2. The summed E-state index contributed by atoms with van der Waals surface area (Å²) in [4.78, 5) is 31.9. The summed E-state index contributed by atoms with van der Waals surface area (Å²) >= 11 is 0. The average molecular weight is 390 g/mol. The second-order valence-corrected chi connectivity index (χ2v) is 6.54. The fourth-order valence-electron chi connectivity index (χ4n) is 2.74. The van der Waals surface area contributed by atoms with Crippen molar-refractivity contribution in [2.24, 2.45) is 5.92 Å². The molecule has 0 saturated carbocycles. The first-order valence-corrected chi connectivity index (χ1v) is 8.43. The van der Waals surface area contributed by atoms with Gasteiger partial charge in [-0.3, -0.25) is 4.79 Å². The van der Waals surface area contributed by atoms with Crippen molar-refractivity contribution in [1.82, 2.24) is 20.2 Å².